The second kappa shape index (κ2) is 7.12. The quantitative estimate of drug-likeness (QED) is 0.867. The van der Waals surface area contributed by atoms with E-state index in [0.29, 0.717) is 25.4 Å². The Balaban J connectivity index is 1.69. The third kappa shape index (κ3) is 3.79. The van der Waals surface area contributed by atoms with E-state index in [2.05, 4.69) is 20.5 Å². The highest BCUT2D eigenvalue weighted by Crippen LogP contribution is 2.16. The van der Waals surface area contributed by atoms with E-state index in [1.165, 1.54) is 0 Å². The average Bonchev–Trinajstić information content (AvgIpc) is 2.63. The highest BCUT2D eigenvalue weighted by Gasteiger charge is 2.24. The molecule has 0 unspecified atom stereocenters. The standard InChI is InChI=1S/C15H17N5O3/c21-10-12-9-20(6-7-23-12)15(22)18-14-17-13(8-16-19-14)11-4-2-1-3-5-11/h1-5,8,12,21H,6-7,9-10H2,(H,17,18,19,22)/t12-/m0/s1. The fourth-order valence-corrected chi connectivity index (χ4v) is 2.29. The number of aliphatic hydroxyl groups is 1. The molecule has 23 heavy (non-hydrogen) atoms. The number of urea groups is 1. The first-order valence-electron chi connectivity index (χ1n) is 7.30. The van der Waals surface area contributed by atoms with Gasteiger partial charge in [0, 0.05) is 12.1 Å². The minimum absolute atomic E-state index is 0.120. The van der Waals surface area contributed by atoms with Crippen molar-refractivity contribution in [3.8, 4) is 11.3 Å². The summed E-state index contributed by atoms with van der Waals surface area (Å²) in [6.07, 6.45) is 1.19. The molecule has 2 heterocycles. The molecule has 8 heteroatoms. The molecule has 1 saturated heterocycles. The Morgan fingerprint density at radius 2 is 2.22 bits per heavy atom. The molecule has 0 saturated carbocycles. The SMILES string of the molecule is O=C(Nc1nncc(-c2ccccc2)n1)N1CCO[C@H](CO)C1. The number of carbonyl (C=O) groups excluding carboxylic acids is 1. The molecule has 2 N–H and O–H groups in total. The van der Waals surface area contributed by atoms with Crippen molar-refractivity contribution < 1.29 is 14.6 Å². The molecule has 8 nitrogen and oxygen atoms in total. The van der Waals surface area contributed by atoms with Crippen LogP contribution in [0, 0.1) is 0 Å². The van der Waals surface area contributed by atoms with Gasteiger partial charge in [0.1, 0.15) is 0 Å². The largest absolute Gasteiger partial charge is 0.394 e. The van der Waals surface area contributed by atoms with Crippen LogP contribution < -0.4 is 5.32 Å². The molecule has 1 aliphatic rings. The van der Waals surface area contributed by atoms with Crippen molar-refractivity contribution in [2.45, 2.75) is 6.10 Å². The topological polar surface area (TPSA) is 100 Å². The number of aromatic nitrogens is 3. The van der Waals surface area contributed by atoms with Gasteiger partial charge in [0.25, 0.3) is 5.95 Å². The van der Waals surface area contributed by atoms with Crippen LogP contribution in [0.25, 0.3) is 11.3 Å². The monoisotopic (exact) mass is 315 g/mol. The van der Waals surface area contributed by atoms with Gasteiger partial charge in [-0.2, -0.15) is 5.10 Å². The number of aliphatic hydroxyl groups excluding tert-OH is 1. The number of ether oxygens (including phenoxy) is 1. The van der Waals surface area contributed by atoms with Crippen molar-refractivity contribution in [3.05, 3.63) is 36.5 Å². The Hall–Kier alpha value is -2.58. The fraction of sp³-hybridized carbons (Fsp3) is 0.333. The first kappa shape index (κ1) is 15.3. The van der Waals surface area contributed by atoms with Crippen LogP contribution in [0.5, 0.6) is 0 Å². The molecule has 1 atom stereocenters. The highest BCUT2D eigenvalue weighted by molar-refractivity contribution is 5.87. The van der Waals surface area contributed by atoms with Crippen molar-refractivity contribution in [1.29, 1.82) is 0 Å². The van der Waals surface area contributed by atoms with Crippen molar-refractivity contribution >= 4 is 12.0 Å². The van der Waals surface area contributed by atoms with Gasteiger partial charge in [0.15, 0.2) is 0 Å². The van der Waals surface area contributed by atoms with Crippen molar-refractivity contribution in [2.24, 2.45) is 0 Å². The third-order valence-electron chi connectivity index (χ3n) is 3.48. The summed E-state index contributed by atoms with van der Waals surface area (Å²) in [7, 11) is 0. The predicted molar refractivity (Wildman–Crippen MR) is 82.7 cm³/mol. The van der Waals surface area contributed by atoms with E-state index >= 15 is 0 Å². The van der Waals surface area contributed by atoms with Crippen LogP contribution in [0.4, 0.5) is 10.7 Å². The summed E-state index contributed by atoms with van der Waals surface area (Å²) >= 11 is 0. The smallest absolute Gasteiger partial charge is 0.324 e. The van der Waals surface area contributed by atoms with Crippen molar-refractivity contribution in [1.82, 2.24) is 20.1 Å². The minimum atomic E-state index is -0.357. The van der Waals surface area contributed by atoms with Crippen molar-refractivity contribution in [3.63, 3.8) is 0 Å². The normalized spacial score (nSPS) is 17.8. The summed E-state index contributed by atoms with van der Waals surface area (Å²) in [6.45, 7) is 1.05. The number of carbonyl (C=O) groups is 1. The number of nitrogens with zero attached hydrogens (tertiary/aromatic N) is 4. The summed E-state index contributed by atoms with van der Waals surface area (Å²) in [6, 6.07) is 9.19. The van der Waals surface area contributed by atoms with Gasteiger partial charge in [-0.25, -0.2) is 9.78 Å². The molecule has 1 aliphatic heterocycles. The summed E-state index contributed by atoms with van der Waals surface area (Å²) in [4.78, 5) is 18.1. The van der Waals surface area contributed by atoms with Gasteiger partial charge >= 0.3 is 6.03 Å². The van der Waals surface area contributed by atoms with Gasteiger partial charge in [0.05, 0.1) is 37.8 Å². The van der Waals surface area contributed by atoms with Gasteiger partial charge in [-0.3, -0.25) is 5.32 Å². The molecule has 2 aromatic rings. The summed E-state index contributed by atoms with van der Waals surface area (Å²) in [5, 5.41) is 19.5. The van der Waals surface area contributed by atoms with Crippen LogP contribution in [0.15, 0.2) is 36.5 Å². The van der Waals surface area contributed by atoms with E-state index in [-0.39, 0.29) is 24.7 Å². The fourth-order valence-electron chi connectivity index (χ4n) is 2.29. The molecule has 120 valence electrons. The Bertz CT molecular complexity index is 667. The second-order valence-electron chi connectivity index (χ2n) is 5.08. The Kier molecular flexibility index (Phi) is 4.74. The van der Waals surface area contributed by atoms with Gasteiger partial charge in [0.2, 0.25) is 0 Å². The number of nitrogens with one attached hydrogen (secondary N) is 1. The van der Waals surface area contributed by atoms with Crippen LogP contribution in [0.2, 0.25) is 0 Å². The zero-order chi connectivity index (χ0) is 16.1. The molecule has 0 aliphatic carbocycles. The number of hydrogen-bond acceptors (Lipinski definition) is 6. The summed E-state index contributed by atoms with van der Waals surface area (Å²) in [5.41, 5.74) is 1.52. The lowest BCUT2D eigenvalue weighted by Crippen LogP contribution is -2.48. The van der Waals surface area contributed by atoms with E-state index in [9.17, 15) is 4.79 Å². The van der Waals surface area contributed by atoms with Crippen LogP contribution in [-0.4, -0.2) is 63.6 Å². The van der Waals surface area contributed by atoms with E-state index in [4.69, 9.17) is 9.84 Å². The summed E-state index contributed by atoms with van der Waals surface area (Å²) in [5.74, 6) is 0.142. The maximum atomic E-state index is 12.2. The van der Waals surface area contributed by atoms with Crippen LogP contribution in [-0.2, 0) is 4.74 Å². The lowest BCUT2D eigenvalue weighted by molar-refractivity contribution is -0.0388. The van der Waals surface area contributed by atoms with Gasteiger partial charge in [-0.15, -0.1) is 5.10 Å². The molecule has 0 bridgehead atoms. The number of benzene rings is 1. The second-order valence-corrected chi connectivity index (χ2v) is 5.08. The zero-order valence-corrected chi connectivity index (χ0v) is 12.4. The molecular formula is C15H17N5O3. The Morgan fingerprint density at radius 3 is 3.00 bits per heavy atom. The average molecular weight is 315 g/mol. The van der Waals surface area contributed by atoms with E-state index < -0.39 is 0 Å². The minimum Gasteiger partial charge on any atom is -0.394 e. The van der Waals surface area contributed by atoms with Crippen LogP contribution >= 0.6 is 0 Å². The molecule has 2 amide bonds. The van der Waals surface area contributed by atoms with Crippen LogP contribution in [0.1, 0.15) is 0 Å². The molecule has 0 spiro atoms. The molecule has 1 aromatic heterocycles. The van der Waals surface area contributed by atoms with E-state index in [1.807, 2.05) is 30.3 Å². The first-order chi connectivity index (χ1) is 11.3. The number of hydrogen-bond donors (Lipinski definition) is 2. The van der Waals surface area contributed by atoms with Gasteiger partial charge < -0.3 is 14.7 Å². The predicted octanol–water partition coefficient (Wildman–Crippen LogP) is 0.764. The maximum absolute atomic E-state index is 12.2. The summed E-state index contributed by atoms with van der Waals surface area (Å²) < 4.78 is 5.32. The number of rotatable bonds is 3. The van der Waals surface area contributed by atoms with Gasteiger partial charge in [-0.05, 0) is 0 Å². The molecule has 0 radical (unpaired) electrons. The zero-order valence-electron chi connectivity index (χ0n) is 12.4. The lowest BCUT2D eigenvalue weighted by Gasteiger charge is -2.31. The molecule has 1 fully saturated rings. The molecule has 3 rings (SSSR count). The Labute approximate surface area is 133 Å². The number of anilines is 1. The highest BCUT2D eigenvalue weighted by atomic mass is 16.5. The number of morpholine rings is 1. The maximum Gasteiger partial charge on any atom is 0.324 e. The lowest BCUT2D eigenvalue weighted by atomic mass is 10.2. The van der Waals surface area contributed by atoms with Crippen molar-refractivity contribution in [2.75, 3.05) is 31.6 Å². The molecule has 1 aromatic carbocycles. The van der Waals surface area contributed by atoms with E-state index in [1.54, 1.807) is 11.1 Å². The van der Waals surface area contributed by atoms with Crippen LogP contribution in [0.3, 0.4) is 0 Å². The molecular weight excluding hydrogens is 298 g/mol. The van der Waals surface area contributed by atoms with E-state index in [0.717, 1.165) is 5.56 Å². The first-order valence-corrected chi connectivity index (χ1v) is 7.30. The Morgan fingerprint density at radius 1 is 1.39 bits per heavy atom. The van der Waals surface area contributed by atoms with Gasteiger partial charge in [-0.1, -0.05) is 30.3 Å². The number of amides is 2. The third-order valence-corrected chi connectivity index (χ3v) is 3.48.